The molecule has 2 aliphatic carbocycles. The highest BCUT2D eigenvalue weighted by Crippen LogP contribution is 2.40. The van der Waals surface area contributed by atoms with Crippen molar-refractivity contribution < 1.29 is 18.3 Å². The maximum atomic E-state index is 13.6. The molecule has 0 N–H and O–H groups in total. The first kappa shape index (κ1) is 23.6. The number of alkyl halides is 2. The molecule has 1 aromatic carbocycles. The molecule has 0 unspecified atom stereocenters. The van der Waals surface area contributed by atoms with Crippen LogP contribution >= 0.6 is 0 Å². The van der Waals surface area contributed by atoms with Crippen molar-refractivity contribution in [1.29, 1.82) is 0 Å². The van der Waals surface area contributed by atoms with Crippen molar-refractivity contribution in [2.45, 2.75) is 51.7 Å². The van der Waals surface area contributed by atoms with Crippen molar-refractivity contribution in [3.05, 3.63) is 42.1 Å². The Hall–Kier alpha value is -3.49. The minimum atomic E-state index is -3.01. The predicted octanol–water partition coefficient (Wildman–Crippen LogP) is 5.86. The number of hydrogen-bond acceptors (Lipinski definition) is 4. The van der Waals surface area contributed by atoms with Gasteiger partial charge in [0.2, 0.25) is 0 Å². The van der Waals surface area contributed by atoms with Crippen LogP contribution in [0.15, 0.2) is 36.5 Å². The van der Waals surface area contributed by atoms with E-state index >= 15 is 0 Å². The first-order valence-electron chi connectivity index (χ1n) is 13.7. The molecule has 7 nitrogen and oxygen atoms in total. The molecule has 0 spiro atoms. The molecule has 4 aromatic rings. The number of imidazole rings is 1. The lowest BCUT2D eigenvalue weighted by atomic mass is 9.88. The van der Waals surface area contributed by atoms with E-state index in [-0.39, 0.29) is 11.7 Å². The molecule has 3 aliphatic rings. The summed E-state index contributed by atoms with van der Waals surface area (Å²) >= 11 is 0. The zero-order valence-electron chi connectivity index (χ0n) is 21.4. The van der Waals surface area contributed by atoms with Crippen LogP contribution in [0, 0.1) is 17.8 Å². The Morgan fingerprint density at radius 3 is 2.79 bits per heavy atom. The van der Waals surface area contributed by atoms with Gasteiger partial charge in [-0.05, 0) is 73.8 Å². The molecule has 3 fully saturated rings. The number of rotatable bonds is 6. The zero-order valence-corrected chi connectivity index (χ0v) is 21.4. The largest absolute Gasteiger partial charge is 0.432 e. The van der Waals surface area contributed by atoms with Gasteiger partial charge in [-0.1, -0.05) is 12.8 Å². The third-order valence-electron chi connectivity index (χ3n) is 8.75. The maximum Gasteiger partial charge on any atom is 0.387 e. The molecule has 1 amide bonds. The van der Waals surface area contributed by atoms with Crippen LogP contribution in [-0.4, -0.2) is 49.6 Å². The van der Waals surface area contributed by atoms with Gasteiger partial charge in [0.15, 0.2) is 11.6 Å². The van der Waals surface area contributed by atoms with Gasteiger partial charge in [-0.25, -0.2) is 9.97 Å². The minimum absolute atomic E-state index is 0.0270. The highest BCUT2D eigenvalue weighted by atomic mass is 19.3. The predicted molar refractivity (Wildman–Crippen MR) is 140 cm³/mol. The smallest absolute Gasteiger partial charge is 0.387 e. The van der Waals surface area contributed by atoms with Gasteiger partial charge in [0.1, 0.15) is 11.2 Å². The fourth-order valence-electron chi connectivity index (χ4n) is 6.66. The Morgan fingerprint density at radius 2 is 1.97 bits per heavy atom. The normalized spacial score (nSPS) is 21.5. The number of amides is 1. The standard InChI is InChI=1S/C29H31F2N5O2/c1-34-25-22(33-27(34)23-13-19-6-3-10-32-26(19)36(23)15-17-7-8-17)12-21(14-24(25)38-29(30)31)28(37)35-11-9-18-4-2-5-20(18)16-35/h3,6,10,12-14,17-18,20,29H,2,4-5,7-9,11,15-16H2,1H3/t18-,20+/m1/s1. The molecule has 38 heavy (non-hydrogen) atoms. The fraction of sp³-hybridized carbons (Fsp3) is 0.483. The number of piperidine rings is 1. The Morgan fingerprint density at radius 1 is 1.13 bits per heavy atom. The summed E-state index contributed by atoms with van der Waals surface area (Å²) in [6.45, 7) is -0.749. The van der Waals surface area contributed by atoms with Crippen LogP contribution in [0.4, 0.5) is 8.78 Å². The molecule has 0 bridgehead atoms. The first-order chi connectivity index (χ1) is 18.5. The van der Waals surface area contributed by atoms with Gasteiger partial charge in [-0.2, -0.15) is 8.78 Å². The van der Waals surface area contributed by atoms with E-state index in [2.05, 4.69) is 15.6 Å². The summed E-state index contributed by atoms with van der Waals surface area (Å²) in [6, 6.07) is 9.17. The number of hydrogen-bond donors (Lipinski definition) is 0. The second kappa shape index (κ2) is 9.06. The number of pyridine rings is 1. The third-order valence-corrected chi connectivity index (χ3v) is 8.75. The number of likely N-dealkylation sites (tertiary alicyclic amines) is 1. The lowest BCUT2D eigenvalue weighted by Crippen LogP contribution is -2.42. The Balaban J connectivity index is 1.32. The second-order valence-corrected chi connectivity index (χ2v) is 11.2. The van der Waals surface area contributed by atoms with Crippen LogP contribution < -0.4 is 4.74 Å². The number of carbonyl (C=O) groups is 1. The first-order valence-corrected chi connectivity index (χ1v) is 13.7. The molecule has 3 aromatic heterocycles. The molecule has 198 valence electrons. The quantitative estimate of drug-likeness (QED) is 0.320. The Kier molecular flexibility index (Phi) is 5.63. The van der Waals surface area contributed by atoms with Gasteiger partial charge >= 0.3 is 6.61 Å². The summed E-state index contributed by atoms with van der Waals surface area (Å²) in [5.74, 6) is 2.31. The molecule has 4 heterocycles. The van der Waals surface area contributed by atoms with E-state index in [4.69, 9.17) is 9.72 Å². The lowest BCUT2D eigenvalue weighted by Gasteiger charge is -2.35. The van der Waals surface area contributed by atoms with E-state index < -0.39 is 6.61 Å². The molecule has 0 radical (unpaired) electrons. The van der Waals surface area contributed by atoms with Crippen molar-refractivity contribution in [2.24, 2.45) is 24.8 Å². The summed E-state index contributed by atoms with van der Waals surface area (Å²) in [5.41, 5.74) is 3.02. The molecule has 2 atom stereocenters. The number of benzene rings is 1. The number of aromatic nitrogens is 4. The van der Waals surface area contributed by atoms with Gasteiger partial charge in [-0.15, -0.1) is 0 Å². The Labute approximate surface area is 219 Å². The van der Waals surface area contributed by atoms with Crippen LogP contribution in [0.3, 0.4) is 0 Å². The number of fused-ring (bicyclic) bond motifs is 3. The van der Waals surface area contributed by atoms with E-state index in [1.165, 1.54) is 31.7 Å². The van der Waals surface area contributed by atoms with Gasteiger partial charge in [0.05, 0.1) is 11.2 Å². The third kappa shape index (κ3) is 4.03. The maximum absolute atomic E-state index is 13.6. The number of halogens is 2. The van der Waals surface area contributed by atoms with Gasteiger partial charge in [0.25, 0.3) is 5.91 Å². The van der Waals surface area contributed by atoms with Crippen LogP contribution in [0.25, 0.3) is 33.6 Å². The number of aryl methyl sites for hydroxylation is 1. The summed E-state index contributed by atoms with van der Waals surface area (Å²) in [4.78, 5) is 25.0. The molecule has 7 rings (SSSR count). The molecular weight excluding hydrogens is 488 g/mol. The van der Waals surface area contributed by atoms with Crippen molar-refractivity contribution >= 4 is 28.0 Å². The summed E-state index contributed by atoms with van der Waals surface area (Å²) in [7, 11) is 1.81. The molecular formula is C29H31F2N5O2. The van der Waals surface area contributed by atoms with Crippen LogP contribution in [-0.2, 0) is 13.6 Å². The van der Waals surface area contributed by atoms with Crippen molar-refractivity contribution in [3.8, 4) is 17.3 Å². The van der Waals surface area contributed by atoms with E-state index in [1.54, 1.807) is 16.8 Å². The Bertz CT molecular complexity index is 1540. The topological polar surface area (TPSA) is 65.2 Å². The van der Waals surface area contributed by atoms with Gasteiger partial charge < -0.3 is 18.8 Å². The van der Waals surface area contributed by atoms with Crippen molar-refractivity contribution in [1.82, 2.24) is 24.0 Å². The molecule has 1 aliphatic heterocycles. The van der Waals surface area contributed by atoms with Crippen molar-refractivity contribution in [2.75, 3.05) is 13.1 Å². The SMILES string of the molecule is Cn1c(-c2cc3cccnc3n2CC2CC2)nc2cc(C(=O)N3CC[C@H]4CCC[C@H]4C3)cc(OC(F)F)c21. The monoisotopic (exact) mass is 519 g/mol. The van der Waals surface area contributed by atoms with Gasteiger partial charge in [-0.3, -0.25) is 4.79 Å². The zero-order chi connectivity index (χ0) is 26.0. The van der Waals surface area contributed by atoms with Crippen molar-refractivity contribution in [3.63, 3.8) is 0 Å². The van der Waals surface area contributed by atoms with E-state index in [1.807, 2.05) is 24.1 Å². The summed E-state index contributed by atoms with van der Waals surface area (Å²) in [5, 5.41) is 1.01. The summed E-state index contributed by atoms with van der Waals surface area (Å²) in [6.07, 6.45) is 8.78. The average molecular weight is 520 g/mol. The summed E-state index contributed by atoms with van der Waals surface area (Å²) < 4.78 is 36.0. The van der Waals surface area contributed by atoms with E-state index in [0.29, 0.717) is 46.7 Å². The lowest BCUT2D eigenvalue weighted by molar-refractivity contribution is -0.0490. The van der Waals surface area contributed by atoms with Gasteiger partial charge in [0, 0.05) is 43.8 Å². The highest BCUT2D eigenvalue weighted by Gasteiger charge is 2.35. The minimum Gasteiger partial charge on any atom is -0.432 e. The number of nitrogens with zero attached hydrogens (tertiary/aromatic N) is 5. The van der Waals surface area contributed by atoms with Crippen LogP contribution in [0.5, 0.6) is 5.75 Å². The van der Waals surface area contributed by atoms with E-state index in [0.717, 1.165) is 42.7 Å². The second-order valence-electron chi connectivity index (χ2n) is 11.2. The molecule has 9 heteroatoms. The van der Waals surface area contributed by atoms with Crippen LogP contribution in [0.1, 0.15) is 48.9 Å². The average Bonchev–Trinajstić information content (AvgIpc) is 3.33. The molecule has 1 saturated heterocycles. The number of ether oxygens (including phenoxy) is 1. The highest BCUT2D eigenvalue weighted by molar-refractivity contribution is 6.00. The van der Waals surface area contributed by atoms with E-state index in [9.17, 15) is 13.6 Å². The number of carbonyl (C=O) groups excluding carboxylic acids is 1. The van der Waals surface area contributed by atoms with Crippen LogP contribution in [0.2, 0.25) is 0 Å². The fourth-order valence-corrected chi connectivity index (χ4v) is 6.66. The molecule has 2 saturated carbocycles.